The molecule has 6 nitrogen and oxygen atoms in total. The van der Waals surface area contributed by atoms with Gasteiger partial charge in [0.05, 0.1) is 0 Å². The summed E-state index contributed by atoms with van der Waals surface area (Å²) in [7, 11) is 0. The molecule has 3 aliphatic rings. The van der Waals surface area contributed by atoms with Gasteiger partial charge in [-0.05, 0) is 80.0 Å². The summed E-state index contributed by atoms with van der Waals surface area (Å²) in [6, 6.07) is 6.94. The lowest BCUT2D eigenvalue weighted by atomic mass is 9.69. The van der Waals surface area contributed by atoms with Crippen LogP contribution in [0.1, 0.15) is 53.1 Å². The number of nitrogens with one attached hydrogen (secondary N) is 2. The first kappa shape index (κ1) is 16.7. The highest BCUT2D eigenvalue weighted by Gasteiger charge is 2.53. The van der Waals surface area contributed by atoms with Crippen molar-refractivity contribution >= 4 is 11.9 Å². The number of ether oxygens (including phenoxy) is 2. The van der Waals surface area contributed by atoms with Crippen LogP contribution in [0.5, 0.6) is 0 Å². The Morgan fingerprint density at radius 3 is 1.67 bits per heavy atom. The lowest BCUT2D eigenvalue weighted by Gasteiger charge is -2.42. The lowest BCUT2D eigenvalue weighted by Crippen LogP contribution is -2.45. The van der Waals surface area contributed by atoms with Gasteiger partial charge in [0.2, 0.25) is 0 Å². The summed E-state index contributed by atoms with van der Waals surface area (Å²) >= 11 is 0. The molecule has 0 spiro atoms. The quantitative estimate of drug-likeness (QED) is 0.809. The van der Waals surface area contributed by atoms with E-state index in [1.165, 1.54) is 19.3 Å². The first-order chi connectivity index (χ1) is 13.2. The first-order valence-corrected chi connectivity index (χ1v) is 9.88. The molecule has 2 heterocycles. The number of aromatic amines is 2. The Morgan fingerprint density at radius 2 is 1.26 bits per heavy atom. The second kappa shape index (κ2) is 6.59. The van der Waals surface area contributed by atoms with E-state index in [0.717, 1.165) is 24.7 Å². The number of rotatable bonds is 4. The minimum atomic E-state index is -0.389. The molecule has 6 heteroatoms. The second-order valence-electron chi connectivity index (χ2n) is 8.19. The highest BCUT2D eigenvalue weighted by Crippen LogP contribution is 2.58. The molecule has 3 fully saturated rings. The molecule has 3 aliphatic carbocycles. The second-order valence-corrected chi connectivity index (χ2v) is 8.19. The van der Waals surface area contributed by atoms with E-state index >= 15 is 0 Å². The smallest absolute Gasteiger partial charge is 0.355 e. The summed E-state index contributed by atoms with van der Waals surface area (Å²) < 4.78 is 11.6. The zero-order valence-corrected chi connectivity index (χ0v) is 15.1. The van der Waals surface area contributed by atoms with E-state index in [0.29, 0.717) is 23.2 Å². The maximum atomic E-state index is 12.5. The van der Waals surface area contributed by atoms with Crippen LogP contribution in [-0.4, -0.2) is 34.1 Å². The lowest BCUT2D eigenvalue weighted by molar-refractivity contribution is -0.0826. The zero-order valence-electron chi connectivity index (χ0n) is 15.1. The maximum Gasteiger partial charge on any atom is 0.355 e. The van der Waals surface area contributed by atoms with E-state index in [1.807, 2.05) is 0 Å². The molecule has 5 rings (SSSR count). The molecule has 0 aliphatic heterocycles. The van der Waals surface area contributed by atoms with Crippen molar-refractivity contribution in [3.63, 3.8) is 0 Å². The van der Waals surface area contributed by atoms with Gasteiger partial charge in [-0.3, -0.25) is 0 Å². The Morgan fingerprint density at radius 1 is 0.778 bits per heavy atom. The number of hydrogen-bond donors (Lipinski definition) is 2. The Balaban J connectivity index is 1.35. The molecule has 0 saturated heterocycles. The van der Waals surface area contributed by atoms with Crippen molar-refractivity contribution in [1.29, 1.82) is 0 Å². The van der Waals surface area contributed by atoms with Gasteiger partial charge < -0.3 is 19.4 Å². The summed E-state index contributed by atoms with van der Waals surface area (Å²) in [5, 5.41) is 0. The third kappa shape index (κ3) is 2.97. The molecule has 27 heavy (non-hydrogen) atoms. The van der Waals surface area contributed by atoms with Crippen LogP contribution in [0.3, 0.4) is 0 Å². The number of esters is 2. The molecule has 6 unspecified atom stereocenters. The van der Waals surface area contributed by atoms with Crippen LogP contribution in [0.25, 0.3) is 0 Å². The van der Waals surface area contributed by atoms with Gasteiger partial charge in [-0.25, -0.2) is 9.59 Å². The summed E-state index contributed by atoms with van der Waals surface area (Å²) in [6.45, 7) is 0. The molecule has 0 amide bonds. The van der Waals surface area contributed by atoms with Crippen LogP contribution in [-0.2, 0) is 9.47 Å². The minimum absolute atomic E-state index is 0.382. The Kier molecular flexibility index (Phi) is 4.06. The van der Waals surface area contributed by atoms with Gasteiger partial charge in [0.15, 0.2) is 0 Å². The Labute approximate surface area is 157 Å². The minimum Gasteiger partial charge on any atom is -0.454 e. The van der Waals surface area contributed by atoms with E-state index in [4.69, 9.17) is 9.47 Å². The molecular formula is C21H24N2O4. The Hall–Kier alpha value is -2.50. The van der Waals surface area contributed by atoms with Crippen LogP contribution in [0, 0.1) is 23.7 Å². The third-order valence-corrected chi connectivity index (χ3v) is 6.85. The van der Waals surface area contributed by atoms with E-state index in [9.17, 15) is 9.59 Å². The highest BCUT2D eigenvalue weighted by atomic mass is 16.6. The van der Waals surface area contributed by atoms with Gasteiger partial charge in [0, 0.05) is 12.4 Å². The van der Waals surface area contributed by atoms with Crippen LogP contribution in [0.15, 0.2) is 36.7 Å². The average Bonchev–Trinajstić information content (AvgIpc) is 3.47. The predicted octanol–water partition coefficient (Wildman–Crippen LogP) is 3.55. The van der Waals surface area contributed by atoms with Crippen LogP contribution >= 0.6 is 0 Å². The molecular weight excluding hydrogens is 344 g/mol. The van der Waals surface area contributed by atoms with E-state index in [2.05, 4.69) is 9.97 Å². The van der Waals surface area contributed by atoms with Crippen molar-refractivity contribution in [1.82, 2.24) is 9.97 Å². The van der Waals surface area contributed by atoms with Crippen LogP contribution in [0.4, 0.5) is 0 Å². The fraction of sp³-hybridized carbons (Fsp3) is 0.524. The fourth-order valence-electron chi connectivity index (χ4n) is 5.67. The SMILES string of the molecule is O=C(OC1CC2C3CCC(C3)C2CC1OC(=O)c1ccc[nH]1)c1ccc[nH]1. The summed E-state index contributed by atoms with van der Waals surface area (Å²) in [4.78, 5) is 30.8. The van der Waals surface area contributed by atoms with Crippen molar-refractivity contribution in [2.75, 3.05) is 0 Å². The number of hydrogen-bond acceptors (Lipinski definition) is 4. The van der Waals surface area contributed by atoms with Crippen molar-refractivity contribution in [3.05, 3.63) is 48.0 Å². The molecule has 0 radical (unpaired) electrons. The summed E-state index contributed by atoms with van der Waals surface area (Å²) in [5.41, 5.74) is 0.860. The van der Waals surface area contributed by atoms with E-state index < -0.39 is 0 Å². The largest absolute Gasteiger partial charge is 0.454 e. The molecule has 2 N–H and O–H groups in total. The van der Waals surface area contributed by atoms with Gasteiger partial charge in [0.25, 0.3) is 0 Å². The zero-order chi connectivity index (χ0) is 18.4. The van der Waals surface area contributed by atoms with Gasteiger partial charge in [-0.1, -0.05) is 0 Å². The third-order valence-electron chi connectivity index (χ3n) is 6.85. The monoisotopic (exact) mass is 368 g/mol. The molecule has 6 atom stereocenters. The van der Waals surface area contributed by atoms with E-state index in [1.54, 1.807) is 36.7 Å². The molecule has 142 valence electrons. The highest BCUT2D eigenvalue weighted by molar-refractivity contribution is 5.88. The average molecular weight is 368 g/mol. The fourth-order valence-corrected chi connectivity index (χ4v) is 5.67. The van der Waals surface area contributed by atoms with Gasteiger partial charge in [0.1, 0.15) is 23.6 Å². The maximum absolute atomic E-state index is 12.5. The summed E-state index contributed by atoms with van der Waals surface area (Å²) in [6.07, 6.45) is 8.07. The van der Waals surface area contributed by atoms with Crippen LogP contribution in [0.2, 0.25) is 0 Å². The molecule has 3 saturated carbocycles. The first-order valence-electron chi connectivity index (χ1n) is 9.88. The normalized spacial score (nSPS) is 34.2. The number of fused-ring (bicyclic) bond motifs is 5. The Bertz CT molecular complexity index is 745. The number of H-pyrrole nitrogens is 2. The van der Waals surface area contributed by atoms with Gasteiger partial charge >= 0.3 is 11.9 Å². The number of carbonyl (C=O) groups is 2. The number of carbonyl (C=O) groups excluding carboxylic acids is 2. The van der Waals surface area contributed by atoms with Crippen molar-refractivity contribution in [2.24, 2.45) is 23.7 Å². The van der Waals surface area contributed by atoms with Crippen molar-refractivity contribution in [2.45, 2.75) is 44.3 Å². The predicted molar refractivity (Wildman–Crippen MR) is 97.0 cm³/mol. The molecule has 2 bridgehead atoms. The van der Waals surface area contributed by atoms with Crippen molar-refractivity contribution in [3.8, 4) is 0 Å². The van der Waals surface area contributed by atoms with Gasteiger partial charge in [-0.2, -0.15) is 0 Å². The number of aromatic nitrogens is 2. The van der Waals surface area contributed by atoms with Gasteiger partial charge in [-0.15, -0.1) is 0 Å². The molecule has 2 aromatic heterocycles. The topological polar surface area (TPSA) is 84.2 Å². The standard InChI is InChI=1S/C21H24N2O4/c24-20(16-3-1-7-22-16)26-18-10-14-12-5-6-13(9-12)15(14)11-19(18)27-21(25)17-4-2-8-23-17/h1-4,7-8,12-15,18-19,22-23H,5-6,9-11H2. The molecule has 0 aromatic carbocycles. The van der Waals surface area contributed by atoms with Crippen molar-refractivity contribution < 1.29 is 19.1 Å². The molecule has 2 aromatic rings. The van der Waals surface area contributed by atoms with Crippen LogP contribution < -0.4 is 0 Å². The summed E-state index contributed by atoms with van der Waals surface area (Å²) in [5.74, 6) is 1.90. The van der Waals surface area contributed by atoms with E-state index in [-0.39, 0.29) is 24.1 Å².